The summed E-state index contributed by atoms with van der Waals surface area (Å²) in [5.41, 5.74) is 1.70. The van der Waals surface area contributed by atoms with Crippen molar-refractivity contribution in [2.24, 2.45) is 0 Å². The highest BCUT2D eigenvalue weighted by Crippen LogP contribution is 2.70. The van der Waals surface area contributed by atoms with Crippen molar-refractivity contribution < 1.29 is 38.1 Å². The summed E-state index contributed by atoms with van der Waals surface area (Å²) < 4.78 is 23.2. The van der Waals surface area contributed by atoms with E-state index in [0.29, 0.717) is 25.7 Å². The van der Waals surface area contributed by atoms with E-state index in [1.165, 1.54) is 28.5 Å². The molecule has 2 spiro atoms. The van der Waals surface area contributed by atoms with Gasteiger partial charge in [0.15, 0.2) is 16.0 Å². The zero-order valence-corrected chi connectivity index (χ0v) is 21.6. The third-order valence-corrected chi connectivity index (χ3v) is 11.7. The van der Waals surface area contributed by atoms with Gasteiger partial charge in [-0.3, -0.25) is 24.1 Å². The van der Waals surface area contributed by atoms with Crippen LogP contribution in [0.5, 0.6) is 0 Å². The SMILES string of the molecule is CCCC(=O)OC1C=C2CC34SSC5(CC6=CC(OC(C)=O)C7OC7C6N5C3=O)C(=O)N4C2OC1C. The van der Waals surface area contributed by atoms with Crippen molar-refractivity contribution in [2.75, 3.05) is 0 Å². The Morgan fingerprint density at radius 3 is 2.39 bits per heavy atom. The molecule has 8 rings (SSSR count). The van der Waals surface area contributed by atoms with Crippen LogP contribution in [-0.4, -0.2) is 86.1 Å². The molecule has 192 valence electrons. The van der Waals surface area contributed by atoms with Crippen LogP contribution in [0, 0.1) is 0 Å². The molecular formula is C24H26N2O8S2. The number of carbonyl (C=O) groups excluding carboxylic acids is 4. The Kier molecular flexibility index (Phi) is 4.83. The molecule has 6 fully saturated rings. The Morgan fingerprint density at radius 1 is 1.00 bits per heavy atom. The maximum atomic E-state index is 14.2. The number of rotatable bonds is 4. The van der Waals surface area contributed by atoms with Gasteiger partial charge in [-0.15, -0.1) is 0 Å². The first kappa shape index (κ1) is 23.1. The number of hydrogen-bond donors (Lipinski definition) is 0. The van der Waals surface area contributed by atoms with Crippen LogP contribution < -0.4 is 0 Å². The molecule has 36 heavy (non-hydrogen) atoms. The van der Waals surface area contributed by atoms with Gasteiger partial charge in [0.25, 0.3) is 11.8 Å². The van der Waals surface area contributed by atoms with E-state index in [1.807, 2.05) is 26.0 Å². The highest BCUT2D eigenvalue weighted by Gasteiger charge is 2.79. The first-order valence-corrected chi connectivity index (χ1v) is 14.5. The molecule has 6 saturated heterocycles. The fourth-order valence-corrected chi connectivity index (χ4v) is 10.2. The summed E-state index contributed by atoms with van der Waals surface area (Å²) in [4.78, 5) is 53.3. The summed E-state index contributed by atoms with van der Waals surface area (Å²) >= 11 is 0. The number of carbonyl (C=O) groups is 4. The Balaban J connectivity index is 1.23. The van der Waals surface area contributed by atoms with E-state index >= 15 is 0 Å². The van der Waals surface area contributed by atoms with E-state index in [1.54, 1.807) is 9.80 Å². The van der Waals surface area contributed by atoms with Gasteiger partial charge in [0.1, 0.15) is 24.4 Å². The average molecular weight is 535 g/mol. The maximum absolute atomic E-state index is 14.2. The number of fused-ring (bicyclic) bond motifs is 5. The topological polar surface area (TPSA) is 115 Å². The van der Waals surface area contributed by atoms with Crippen molar-refractivity contribution in [2.45, 2.75) is 99.0 Å². The zero-order valence-electron chi connectivity index (χ0n) is 20.0. The molecule has 7 aliphatic heterocycles. The van der Waals surface area contributed by atoms with E-state index in [9.17, 15) is 19.2 Å². The summed E-state index contributed by atoms with van der Waals surface area (Å²) in [6.45, 7) is 5.09. The number of esters is 2. The lowest BCUT2D eigenvalue weighted by atomic mass is 9.92. The minimum atomic E-state index is -1.12. The van der Waals surface area contributed by atoms with Crippen molar-refractivity contribution in [1.29, 1.82) is 0 Å². The third kappa shape index (κ3) is 2.84. The second-order valence-electron chi connectivity index (χ2n) is 10.4. The first-order chi connectivity index (χ1) is 17.2. The molecule has 0 aromatic rings. The summed E-state index contributed by atoms with van der Waals surface area (Å²) in [5.74, 6) is -0.949. The minimum Gasteiger partial charge on any atom is -0.455 e. The number of hydrogen-bond acceptors (Lipinski definition) is 10. The number of amides is 2. The Bertz CT molecular complexity index is 1170. The minimum absolute atomic E-state index is 0.120. The molecule has 9 unspecified atom stereocenters. The van der Waals surface area contributed by atoms with Crippen LogP contribution >= 0.6 is 21.6 Å². The van der Waals surface area contributed by atoms with E-state index < -0.39 is 40.3 Å². The smallest absolute Gasteiger partial charge is 0.306 e. The molecular weight excluding hydrogens is 508 g/mol. The lowest BCUT2D eigenvalue weighted by Crippen LogP contribution is -2.76. The Hall–Kier alpha value is -2.02. The second-order valence-corrected chi connectivity index (χ2v) is 13.1. The highest BCUT2D eigenvalue weighted by atomic mass is 33.1. The van der Waals surface area contributed by atoms with Gasteiger partial charge in [-0.1, -0.05) is 28.5 Å². The van der Waals surface area contributed by atoms with Gasteiger partial charge in [0.2, 0.25) is 0 Å². The summed E-state index contributed by atoms with van der Waals surface area (Å²) in [6, 6.07) is -0.343. The summed E-state index contributed by atoms with van der Waals surface area (Å²) in [7, 11) is 2.86. The molecule has 0 aromatic heterocycles. The standard InChI is InChI=1S/C24H26N2O8S2/c1-4-5-16(28)33-14-7-13-9-24-21(29)25-17-12(6-15(32-11(3)27)18-19(17)34-18)8-23(25,35-36-24)22(30)26(24)20(13)31-10(14)2/h6-7,10,14-15,17-20H,4-5,8-9H2,1-3H3. The van der Waals surface area contributed by atoms with Gasteiger partial charge in [-0.05, 0) is 36.6 Å². The van der Waals surface area contributed by atoms with Crippen LogP contribution in [0.4, 0.5) is 0 Å². The van der Waals surface area contributed by atoms with Gasteiger partial charge >= 0.3 is 11.9 Å². The quantitative estimate of drug-likeness (QED) is 0.228. The van der Waals surface area contributed by atoms with Crippen LogP contribution in [0.1, 0.15) is 46.5 Å². The third-order valence-electron chi connectivity index (χ3n) is 8.08. The predicted octanol–water partition coefficient (Wildman–Crippen LogP) is 1.64. The van der Waals surface area contributed by atoms with Crippen molar-refractivity contribution >= 4 is 45.3 Å². The molecule has 12 heteroatoms. The van der Waals surface area contributed by atoms with Crippen molar-refractivity contribution in [3.63, 3.8) is 0 Å². The van der Waals surface area contributed by atoms with E-state index in [2.05, 4.69) is 0 Å². The van der Waals surface area contributed by atoms with E-state index in [4.69, 9.17) is 18.9 Å². The monoisotopic (exact) mass is 534 g/mol. The molecule has 8 aliphatic rings. The van der Waals surface area contributed by atoms with Gasteiger partial charge in [-0.25, -0.2) is 0 Å². The highest BCUT2D eigenvalue weighted by molar-refractivity contribution is 8.78. The number of ether oxygens (including phenoxy) is 4. The van der Waals surface area contributed by atoms with Crippen LogP contribution in [0.2, 0.25) is 0 Å². The van der Waals surface area contributed by atoms with Crippen molar-refractivity contribution in [3.8, 4) is 0 Å². The largest absolute Gasteiger partial charge is 0.455 e. The second kappa shape index (κ2) is 7.52. The van der Waals surface area contributed by atoms with E-state index in [-0.39, 0.29) is 36.0 Å². The van der Waals surface area contributed by atoms with Gasteiger partial charge < -0.3 is 23.8 Å². The lowest BCUT2D eigenvalue weighted by Gasteiger charge is -2.57. The molecule has 0 saturated carbocycles. The van der Waals surface area contributed by atoms with Gasteiger partial charge in [0.05, 0.1) is 12.1 Å². The molecule has 0 radical (unpaired) electrons. The number of epoxide rings is 1. The Labute approximate surface area is 215 Å². The fourth-order valence-electron chi connectivity index (χ4n) is 6.53. The van der Waals surface area contributed by atoms with Crippen molar-refractivity contribution in [1.82, 2.24) is 9.80 Å². The molecule has 10 nitrogen and oxygen atoms in total. The molecule has 1 aliphatic carbocycles. The average Bonchev–Trinajstić information content (AvgIpc) is 3.44. The summed E-state index contributed by atoms with van der Waals surface area (Å²) in [6.07, 6.45) is 2.66. The summed E-state index contributed by atoms with van der Waals surface area (Å²) in [5, 5.41) is 0. The maximum Gasteiger partial charge on any atom is 0.306 e. The molecule has 7 heterocycles. The zero-order chi connectivity index (χ0) is 25.1. The van der Waals surface area contributed by atoms with Crippen LogP contribution in [-0.2, 0) is 38.1 Å². The lowest BCUT2D eigenvalue weighted by molar-refractivity contribution is -0.184. The molecule has 2 bridgehead atoms. The first-order valence-electron chi connectivity index (χ1n) is 12.3. The number of nitrogens with zero attached hydrogens (tertiary/aromatic N) is 2. The number of piperazine rings is 1. The fraction of sp³-hybridized carbons (Fsp3) is 0.667. The van der Waals surface area contributed by atoms with Gasteiger partial charge in [-0.2, -0.15) is 0 Å². The van der Waals surface area contributed by atoms with Crippen LogP contribution in [0.15, 0.2) is 23.3 Å². The molecule has 9 atom stereocenters. The van der Waals surface area contributed by atoms with Gasteiger partial charge in [0, 0.05) is 26.2 Å². The molecule has 0 N–H and O–H groups in total. The van der Waals surface area contributed by atoms with Crippen LogP contribution in [0.3, 0.4) is 0 Å². The molecule has 0 aromatic carbocycles. The van der Waals surface area contributed by atoms with Crippen LogP contribution in [0.25, 0.3) is 0 Å². The Morgan fingerprint density at radius 2 is 1.67 bits per heavy atom. The normalized spacial score (nSPS) is 45.1. The van der Waals surface area contributed by atoms with E-state index in [0.717, 1.165) is 11.1 Å². The molecule has 2 amide bonds. The van der Waals surface area contributed by atoms with Crippen molar-refractivity contribution in [3.05, 3.63) is 23.3 Å². The predicted molar refractivity (Wildman–Crippen MR) is 127 cm³/mol.